The van der Waals surface area contributed by atoms with Crippen molar-refractivity contribution >= 4 is 11.9 Å². The summed E-state index contributed by atoms with van der Waals surface area (Å²) in [7, 11) is 1.40. The largest absolute Gasteiger partial charge is 0.494 e. The highest BCUT2D eigenvalue weighted by molar-refractivity contribution is 5.71. The molecule has 0 unspecified atom stereocenters. The number of carbonyl (C=O) groups is 1. The van der Waals surface area contributed by atoms with Gasteiger partial charge in [-0.3, -0.25) is 0 Å². The highest BCUT2D eigenvalue weighted by atomic mass is 16.6. The molecule has 120 valence electrons. The molecule has 0 heterocycles. The van der Waals surface area contributed by atoms with Crippen LogP contribution in [0.15, 0.2) is 29.8 Å². The molecule has 0 bridgehead atoms. The molecular weight excluding hydrogens is 294 g/mol. The van der Waals surface area contributed by atoms with E-state index in [0.717, 1.165) is 5.56 Å². The van der Waals surface area contributed by atoms with Gasteiger partial charge in [-0.2, -0.15) is 10.5 Å². The van der Waals surface area contributed by atoms with Crippen molar-refractivity contribution in [3.63, 3.8) is 0 Å². The summed E-state index contributed by atoms with van der Waals surface area (Å²) in [4.78, 5) is 11.6. The second-order valence-electron chi connectivity index (χ2n) is 5.68. The number of rotatable bonds is 4. The zero-order chi connectivity index (χ0) is 17.5. The second kappa shape index (κ2) is 7.86. The molecular formula is C17H19N3O3. The number of nitriles is 2. The van der Waals surface area contributed by atoms with E-state index >= 15 is 0 Å². The number of allylic oxidation sites excluding steroid dienone is 1. The minimum absolute atomic E-state index is 0.0906. The summed E-state index contributed by atoms with van der Waals surface area (Å²) in [6, 6.07) is 10.6. The predicted molar refractivity (Wildman–Crippen MR) is 84.7 cm³/mol. The van der Waals surface area contributed by atoms with Crippen LogP contribution in [-0.4, -0.2) is 18.8 Å². The molecule has 0 atom stereocenters. The topological polar surface area (TPSA) is 95.1 Å². The van der Waals surface area contributed by atoms with Crippen molar-refractivity contribution in [2.24, 2.45) is 0 Å². The normalized spacial score (nSPS) is 10.0. The summed E-state index contributed by atoms with van der Waals surface area (Å²) in [6.07, 6.45) is -0.490. The Kier molecular flexibility index (Phi) is 6.17. The Morgan fingerprint density at radius 1 is 1.17 bits per heavy atom. The van der Waals surface area contributed by atoms with Crippen LogP contribution < -0.4 is 5.32 Å². The molecule has 0 saturated heterocycles. The van der Waals surface area contributed by atoms with Crippen molar-refractivity contribution in [1.82, 2.24) is 5.32 Å². The van der Waals surface area contributed by atoms with E-state index in [0.29, 0.717) is 12.1 Å². The van der Waals surface area contributed by atoms with Crippen molar-refractivity contribution in [2.75, 3.05) is 7.11 Å². The molecule has 0 radical (unpaired) electrons. The number of nitrogens with zero attached hydrogens (tertiary/aromatic N) is 2. The molecule has 0 saturated carbocycles. The highest BCUT2D eigenvalue weighted by Crippen LogP contribution is 2.19. The lowest BCUT2D eigenvalue weighted by atomic mass is 10.1. The van der Waals surface area contributed by atoms with Gasteiger partial charge in [0, 0.05) is 12.1 Å². The van der Waals surface area contributed by atoms with E-state index in [1.54, 1.807) is 57.2 Å². The first-order valence-corrected chi connectivity index (χ1v) is 6.95. The van der Waals surface area contributed by atoms with Gasteiger partial charge in [-0.25, -0.2) is 4.79 Å². The summed E-state index contributed by atoms with van der Waals surface area (Å²) >= 11 is 0. The minimum Gasteiger partial charge on any atom is -0.494 e. The van der Waals surface area contributed by atoms with Crippen LogP contribution in [0.4, 0.5) is 4.79 Å². The monoisotopic (exact) mass is 313 g/mol. The number of hydrogen-bond donors (Lipinski definition) is 1. The van der Waals surface area contributed by atoms with E-state index < -0.39 is 11.7 Å². The fourth-order valence-electron chi connectivity index (χ4n) is 1.75. The number of amides is 1. The first-order valence-electron chi connectivity index (χ1n) is 6.95. The third kappa shape index (κ3) is 5.72. The standard InChI is InChI=1S/C17H19N3O3/c1-17(2,3)23-16(21)20-11-12-5-7-13(8-6-12)15(22-4)14(9-18)10-19/h5-8H,11H2,1-4H3,(H,20,21). The van der Waals surface area contributed by atoms with E-state index in [1.807, 2.05) is 0 Å². The Labute approximate surface area is 135 Å². The number of carbonyl (C=O) groups excluding carboxylic acids is 1. The van der Waals surface area contributed by atoms with E-state index in [-0.39, 0.29) is 11.3 Å². The van der Waals surface area contributed by atoms with Gasteiger partial charge >= 0.3 is 6.09 Å². The molecule has 0 aliphatic carbocycles. The van der Waals surface area contributed by atoms with Crippen LogP contribution >= 0.6 is 0 Å². The van der Waals surface area contributed by atoms with Gasteiger partial charge in [-0.05, 0) is 26.3 Å². The number of ether oxygens (including phenoxy) is 2. The molecule has 6 heteroatoms. The first-order chi connectivity index (χ1) is 10.8. The second-order valence-corrected chi connectivity index (χ2v) is 5.68. The Balaban J connectivity index is 2.79. The number of nitrogens with one attached hydrogen (secondary N) is 1. The van der Waals surface area contributed by atoms with Crippen molar-refractivity contribution in [2.45, 2.75) is 32.9 Å². The van der Waals surface area contributed by atoms with Crippen molar-refractivity contribution < 1.29 is 14.3 Å². The molecule has 0 aromatic heterocycles. The van der Waals surface area contributed by atoms with Gasteiger partial charge in [0.2, 0.25) is 0 Å². The lowest BCUT2D eigenvalue weighted by Gasteiger charge is -2.19. The van der Waals surface area contributed by atoms with Crippen LogP contribution in [0.2, 0.25) is 0 Å². The number of alkyl carbamates (subject to hydrolysis) is 1. The van der Waals surface area contributed by atoms with Gasteiger partial charge in [-0.15, -0.1) is 0 Å². The Bertz CT molecular complexity index is 655. The van der Waals surface area contributed by atoms with Gasteiger partial charge in [0.25, 0.3) is 0 Å². The lowest BCUT2D eigenvalue weighted by Crippen LogP contribution is -2.32. The summed E-state index contributed by atoms with van der Waals surface area (Å²) in [5.41, 5.74) is 0.834. The molecule has 0 aliphatic heterocycles. The highest BCUT2D eigenvalue weighted by Gasteiger charge is 2.15. The molecule has 1 aromatic rings. The fourth-order valence-corrected chi connectivity index (χ4v) is 1.75. The number of methoxy groups -OCH3 is 1. The molecule has 6 nitrogen and oxygen atoms in total. The van der Waals surface area contributed by atoms with Crippen LogP contribution in [-0.2, 0) is 16.0 Å². The lowest BCUT2D eigenvalue weighted by molar-refractivity contribution is 0.0523. The van der Waals surface area contributed by atoms with Crippen molar-refractivity contribution in [1.29, 1.82) is 10.5 Å². The van der Waals surface area contributed by atoms with Gasteiger partial charge in [0.1, 0.15) is 17.7 Å². The van der Waals surface area contributed by atoms with Crippen LogP contribution in [0.1, 0.15) is 31.9 Å². The van der Waals surface area contributed by atoms with Crippen molar-refractivity contribution in [3.8, 4) is 12.1 Å². The molecule has 0 fully saturated rings. The molecule has 0 aliphatic rings. The SMILES string of the molecule is COC(=C(C#N)C#N)c1ccc(CNC(=O)OC(C)(C)C)cc1. The third-order valence-electron chi connectivity index (χ3n) is 2.71. The third-order valence-corrected chi connectivity index (χ3v) is 2.71. The van der Waals surface area contributed by atoms with Gasteiger partial charge < -0.3 is 14.8 Å². The van der Waals surface area contributed by atoms with E-state index in [1.165, 1.54) is 7.11 Å². The van der Waals surface area contributed by atoms with Crippen LogP contribution in [0.25, 0.3) is 5.76 Å². The maximum atomic E-state index is 11.6. The fraction of sp³-hybridized carbons (Fsp3) is 0.353. The zero-order valence-electron chi connectivity index (χ0n) is 13.6. The molecule has 1 aromatic carbocycles. The molecule has 23 heavy (non-hydrogen) atoms. The maximum Gasteiger partial charge on any atom is 0.407 e. The predicted octanol–water partition coefficient (Wildman–Crippen LogP) is 3.12. The maximum absolute atomic E-state index is 11.6. The summed E-state index contributed by atoms with van der Waals surface area (Å²) in [5, 5.41) is 20.5. The first kappa shape index (κ1) is 18.1. The van der Waals surface area contributed by atoms with Crippen LogP contribution in [0.5, 0.6) is 0 Å². The average molecular weight is 313 g/mol. The van der Waals surface area contributed by atoms with E-state index in [4.69, 9.17) is 20.0 Å². The zero-order valence-corrected chi connectivity index (χ0v) is 13.6. The number of benzene rings is 1. The molecule has 1 N–H and O–H groups in total. The number of hydrogen-bond acceptors (Lipinski definition) is 5. The Morgan fingerprint density at radius 3 is 2.17 bits per heavy atom. The average Bonchev–Trinajstić information content (AvgIpc) is 2.49. The Morgan fingerprint density at radius 2 is 1.74 bits per heavy atom. The van der Waals surface area contributed by atoms with Crippen molar-refractivity contribution in [3.05, 3.63) is 41.0 Å². The molecule has 0 spiro atoms. The smallest absolute Gasteiger partial charge is 0.407 e. The van der Waals surface area contributed by atoms with Crippen LogP contribution in [0.3, 0.4) is 0 Å². The minimum atomic E-state index is -0.545. The summed E-state index contributed by atoms with van der Waals surface area (Å²) in [5.74, 6) is 0.224. The van der Waals surface area contributed by atoms with Gasteiger partial charge in [0.05, 0.1) is 7.11 Å². The molecule has 1 rings (SSSR count). The van der Waals surface area contributed by atoms with Crippen LogP contribution in [0, 0.1) is 22.7 Å². The summed E-state index contributed by atoms with van der Waals surface area (Å²) in [6.45, 7) is 5.69. The van der Waals surface area contributed by atoms with E-state index in [9.17, 15) is 4.79 Å². The van der Waals surface area contributed by atoms with Gasteiger partial charge in [0.15, 0.2) is 11.3 Å². The Hall–Kier alpha value is -2.99. The van der Waals surface area contributed by atoms with E-state index in [2.05, 4.69) is 5.32 Å². The summed E-state index contributed by atoms with van der Waals surface area (Å²) < 4.78 is 10.3. The quantitative estimate of drug-likeness (QED) is 0.680. The molecule has 1 amide bonds. The van der Waals surface area contributed by atoms with Gasteiger partial charge in [-0.1, -0.05) is 24.3 Å².